The summed E-state index contributed by atoms with van der Waals surface area (Å²) < 4.78 is 26.7. The molecule has 0 bridgehead atoms. The Morgan fingerprint density at radius 1 is 1.26 bits per heavy atom. The second-order valence-electron chi connectivity index (χ2n) is 5.20. The molecular weight excluding hydrogens is 260 g/mol. The summed E-state index contributed by atoms with van der Waals surface area (Å²) in [5.41, 5.74) is 0.356. The van der Waals surface area contributed by atoms with E-state index in [0.717, 1.165) is 0 Å². The van der Waals surface area contributed by atoms with E-state index in [2.05, 4.69) is 0 Å². The zero-order valence-corrected chi connectivity index (χ0v) is 12.6. The molecule has 0 atom stereocenters. The monoisotopic (exact) mass is 280 g/mol. The Hall–Kier alpha value is -1.38. The lowest BCUT2D eigenvalue weighted by Crippen LogP contribution is -2.39. The molecule has 0 saturated carbocycles. The Bertz CT molecular complexity index is 571. The van der Waals surface area contributed by atoms with E-state index in [1.54, 1.807) is 12.1 Å². The molecule has 0 aliphatic carbocycles. The van der Waals surface area contributed by atoms with Crippen LogP contribution in [-0.4, -0.2) is 25.3 Å². The van der Waals surface area contributed by atoms with Gasteiger partial charge in [0.2, 0.25) is 10.0 Å². The Labute approximate surface area is 115 Å². The number of hydrogen-bond acceptors (Lipinski definition) is 3. The zero-order chi connectivity index (χ0) is 14.6. The molecule has 0 radical (unpaired) electrons. The van der Waals surface area contributed by atoms with Gasteiger partial charge in [0.25, 0.3) is 0 Å². The van der Waals surface area contributed by atoms with Crippen molar-refractivity contribution in [3.63, 3.8) is 0 Å². The first-order valence-corrected chi connectivity index (χ1v) is 7.75. The molecule has 0 aliphatic rings. The van der Waals surface area contributed by atoms with Gasteiger partial charge in [0, 0.05) is 12.6 Å². The number of sulfonamides is 1. The third-order valence-corrected chi connectivity index (χ3v) is 4.73. The van der Waals surface area contributed by atoms with Crippen molar-refractivity contribution in [2.24, 2.45) is 5.92 Å². The van der Waals surface area contributed by atoms with E-state index < -0.39 is 10.0 Å². The smallest absolute Gasteiger partial charge is 0.207 e. The van der Waals surface area contributed by atoms with E-state index in [4.69, 9.17) is 5.26 Å². The maximum absolute atomic E-state index is 12.6. The molecule has 0 saturated heterocycles. The topological polar surface area (TPSA) is 61.2 Å². The summed E-state index contributed by atoms with van der Waals surface area (Å²) in [7, 11) is -3.55. The molecule has 0 aromatic heterocycles. The summed E-state index contributed by atoms with van der Waals surface area (Å²) in [6.07, 6.45) is 0. The minimum absolute atomic E-state index is 0.113. The first-order chi connectivity index (χ1) is 8.78. The van der Waals surface area contributed by atoms with Crippen LogP contribution in [0.1, 0.15) is 33.3 Å². The molecule has 1 aromatic carbocycles. The van der Waals surface area contributed by atoms with E-state index in [-0.39, 0.29) is 16.9 Å². The summed E-state index contributed by atoms with van der Waals surface area (Å²) in [5.74, 6) is 0.247. The minimum Gasteiger partial charge on any atom is -0.207 e. The number of hydrogen-bond donors (Lipinski definition) is 0. The molecule has 0 N–H and O–H groups in total. The molecule has 19 heavy (non-hydrogen) atoms. The standard InChI is InChI=1S/C14H20N2O2S/c1-11(2)10-16(12(3)4)19(17,18)14-7-5-6-13(8-14)9-15/h5-8,11-12H,10H2,1-4H3. The van der Waals surface area contributed by atoms with Crippen LogP contribution < -0.4 is 0 Å². The summed E-state index contributed by atoms with van der Waals surface area (Å²) in [6, 6.07) is 8.00. The van der Waals surface area contributed by atoms with Gasteiger partial charge in [-0.25, -0.2) is 8.42 Å². The predicted molar refractivity (Wildman–Crippen MR) is 75.0 cm³/mol. The van der Waals surface area contributed by atoms with Gasteiger partial charge in [0.15, 0.2) is 0 Å². The third-order valence-electron chi connectivity index (χ3n) is 2.69. The zero-order valence-electron chi connectivity index (χ0n) is 11.8. The fraction of sp³-hybridized carbons (Fsp3) is 0.500. The Kier molecular flexibility index (Phi) is 5.10. The van der Waals surface area contributed by atoms with Gasteiger partial charge in [-0.3, -0.25) is 0 Å². The molecule has 4 nitrogen and oxygen atoms in total. The average molecular weight is 280 g/mol. The quantitative estimate of drug-likeness (QED) is 0.833. The number of benzene rings is 1. The van der Waals surface area contributed by atoms with Crippen molar-refractivity contribution in [3.05, 3.63) is 29.8 Å². The third kappa shape index (κ3) is 3.79. The second kappa shape index (κ2) is 6.18. The van der Waals surface area contributed by atoms with E-state index >= 15 is 0 Å². The number of rotatable bonds is 5. The second-order valence-corrected chi connectivity index (χ2v) is 7.09. The van der Waals surface area contributed by atoms with E-state index in [1.165, 1.54) is 16.4 Å². The van der Waals surface area contributed by atoms with Crippen LogP contribution in [0.3, 0.4) is 0 Å². The molecule has 0 aliphatic heterocycles. The van der Waals surface area contributed by atoms with Crippen molar-refractivity contribution >= 4 is 10.0 Å². The lowest BCUT2D eigenvalue weighted by Gasteiger charge is -2.27. The van der Waals surface area contributed by atoms with Crippen molar-refractivity contribution in [2.45, 2.75) is 38.6 Å². The largest absolute Gasteiger partial charge is 0.243 e. The van der Waals surface area contributed by atoms with Gasteiger partial charge in [0.05, 0.1) is 16.5 Å². The van der Waals surface area contributed by atoms with E-state index in [0.29, 0.717) is 12.1 Å². The molecule has 0 fully saturated rings. The van der Waals surface area contributed by atoms with Crippen LogP contribution in [0.5, 0.6) is 0 Å². The van der Waals surface area contributed by atoms with Crippen molar-refractivity contribution in [2.75, 3.05) is 6.54 Å². The van der Waals surface area contributed by atoms with Gasteiger partial charge in [-0.05, 0) is 38.0 Å². The van der Waals surface area contributed by atoms with Crippen molar-refractivity contribution in [1.29, 1.82) is 5.26 Å². The van der Waals surface area contributed by atoms with Crippen LogP contribution in [0.4, 0.5) is 0 Å². The summed E-state index contributed by atoms with van der Waals surface area (Å²) >= 11 is 0. The van der Waals surface area contributed by atoms with Crippen LogP contribution in [0, 0.1) is 17.2 Å². The van der Waals surface area contributed by atoms with Gasteiger partial charge >= 0.3 is 0 Å². The highest BCUT2D eigenvalue weighted by Crippen LogP contribution is 2.20. The highest BCUT2D eigenvalue weighted by molar-refractivity contribution is 7.89. The molecule has 1 aromatic rings. The fourth-order valence-electron chi connectivity index (χ4n) is 1.81. The molecule has 104 valence electrons. The fourth-order valence-corrected chi connectivity index (χ4v) is 3.65. The molecule has 0 heterocycles. The maximum atomic E-state index is 12.6. The Morgan fingerprint density at radius 2 is 1.89 bits per heavy atom. The number of nitriles is 1. The van der Waals surface area contributed by atoms with Gasteiger partial charge in [-0.15, -0.1) is 0 Å². The summed E-state index contributed by atoms with van der Waals surface area (Å²) in [4.78, 5) is 0.181. The van der Waals surface area contributed by atoms with Crippen LogP contribution in [0.2, 0.25) is 0 Å². The lowest BCUT2D eigenvalue weighted by molar-refractivity contribution is 0.319. The van der Waals surface area contributed by atoms with E-state index in [9.17, 15) is 8.42 Å². The Balaban J connectivity index is 3.23. The predicted octanol–water partition coefficient (Wildman–Crippen LogP) is 2.61. The van der Waals surface area contributed by atoms with Crippen LogP contribution >= 0.6 is 0 Å². The SMILES string of the molecule is CC(C)CN(C(C)C)S(=O)(=O)c1cccc(C#N)c1. The summed E-state index contributed by atoms with van der Waals surface area (Å²) in [5, 5.41) is 8.86. The normalized spacial score (nSPS) is 12.1. The van der Waals surface area contributed by atoms with Gasteiger partial charge in [-0.1, -0.05) is 19.9 Å². The van der Waals surface area contributed by atoms with Gasteiger partial charge < -0.3 is 0 Å². The molecule has 0 spiro atoms. The average Bonchev–Trinajstić information content (AvgIpc) is 2.35. The molecule has 0 amide bonds. The maximum Gasteiger partial charge on any atom is 0.243 e. The molecule has 0 unspecified atom stereocenters. The van der Waals surface area contributed by atoms with Gasteiger partial charge in [-0.2, -0.15) is 9.57 Å². The van der Waals surface area contributed by atoms with Crippen molar-refractivity contribution < 1.29 is 8.42 Å². The highest BCUT2D eigenvalue weighted by Gasteiger charge is 2.27. The molecule has 5 heteroatoms. The van der Waals surface area contributed by atoms with Crippen LogP contribution in [-0.2, 0) is 10.0 Å². The van der Waals surface area contributed by atoms with Crippen LogP contribution in [0.15, 0.2) is 29.2 Å². The first-order valence-electron chi connectivity index (χ1n) is 6.31. The molecular formula is C14H20N2O2S. The Morgan fingerprint density at radius 3 is 2.37 bits per heavy atom. The van der Waals surface area contributed by atoms with E-state index in [1.807, 2.05) is 33.8 Å². The van der Waals surface area contributed by atoms with Crippen LogP contribution in [0.25, 0.3) is 0 Å². The lowest BCUT2D eigenvalue weighted by atomic mass is 10.2. The van der Waals surface area contributed by atoms with Crippen molar-refractivity contribution in [1.82, 2.24) is 4.31 Å². The first kappa shape index (κ1) is 15.7. The van der Waals surface area contributed by atoms with Crippen molar-refractivity contribution in [3.8, 4) is 6.07 Å². The molecule has 1 rings (SSSR count). The van der Waals surface area contributed by atoms with Gasteiger partial charge in [0.1, 0.15) is 0 Å². The minimum atomic E-state index is -3.55. The highest BCUT2D eigenvalue weighted by atomic mass is 32.2. The summed E-state index contributed by atoms with van der Waals surface area (Å²) in [6.45, 7) is 8.14. The number of nitrogens with zero attached hydrogens (tertiary/aromatic N) is 2.